The minimum atomic E-state index is -0.300. The first-order valence-electron chi connectivity index (χ1n) is 6.87. The van der Waals surface area contributed by atoms with E-state index in [1.54, 1.807) is 0 Å². The van der Waals surface area contributed by atoms with E-state index in [9.17, 15) is 4.79 Å². The Kier molecular flexibility index (Phi) is 3.26. The van der Waals surface area contributed by atoms with Gasteiger partial charge in [0.1, 0.15) is 5.58 Å². The summed E-state index contributed by atoms with van der Waals surface area (Å²) in [5.41, 5.74) is 3.97. The van der Waals surface area contributed by atoms with Crippen molar-refractivity contribution in [2.45, 2.75) is 6.92 Å². The first kappa shape index (κ1) is 13.4. The number of rotatable bonds is 2. The summed E-state index contributed by atoms with van der Waals surface area (Å²) in [6.07, 6.45) is 0. The molecule has 0 radical (unpaired) electrons. The third kappa shape index (κ3) is 2.55. The number of aryl methyl sites for hydroxylation is 1. The molecular formula is C18H17NO2. The molecule has 0 aliphatic carbocycles. The Balaban J connectivity index is 2.13. The van der Waals surface area contributed by atoms with Crippen LogP contribution >= 0.6 is 0 Å². The summed E-state index contributed by atoms with van der Waals surface area (Å²) in [5.74, 6) is 0. The summed E-state index contributed by atoms with van der Waals surface area (Å²) in [5, 5.41) is 0.937. The van der Waals surface area contributed by atoms with E-state index in [1.165, 1.54) is 0 Å². The van der Waals surface area contributed by atoms with Crippen LogP contribution in [0.3, 0.4) is 0 Å². The van der Waals surface area contributed by atoms with Crippen LogP contribution < -0.4 is 10.5 Å². The maximum atomic E-state index is 12.2. The van der Waals surface area contributed by atoms with Crippen LogP contribution in [-0.4, -0.2) is 14.1 Å². The van der Waals surface area contributed by atoms with E-state index in [-0.39, 0.29) is 5.63 Å². The van der Waals surface area contributed by atoms with E-state index in [4.69, 9.17) is 4.42 Å². The standard InChI is InChI=1S/C18H17NO2/c1-12-4-5-14-11-16(18(20)21-17(14)10-12)13-6-8-15(9-7-13)19(2)3/h4-11H,1-3H3. The third-order valence-corrected chi connectivity index (χ3v) is 3.59. The average molecular weight is 279 g/mol. The normalized spacial score (nSPS) is 10.8. The number of benzene rings is 2. The number of nitrogens with zero attached hydrogens (tertiary/aromatic N) is 1. The van der Waals surface area contributed by atoms with Gasteiger partial charge in [-0.3, -0.25) is 0 Å². The van der Waals surface area contributed by atoms with Crippen LogP contribution in [0.15, 0.2) is 57.7 Å². The SMILES string of the molecule is Cc1ccc2cc(-c3ccc(N(C)C)cc3)c(=O)oc2c1. The van der Waals surface area contributed by atoms with Gasteiger partial charge < -0.3 is 9.32 Å². The molecule has 0 atom stereocenters. The Morgan fingerprint density at radius 1 is 0.952 bits per heavy atom. The molecule has 3 nitrogen and oxygen atoms in total. The lowest BCUT2D eigenvalue weighted by molar-refractivity contribution is 0.563. The first-order chi connectivity index (χ1) is 10.0. The molecule has 3 heteroatoms. The summed E-state index contributed by atoms with van der Waals surface area (Å²) >= 11 is 0. The molecule has 1 aromatic heterocycles. The van der Waals surface area contributed by atoms with Crippen molar-refractivity contribution in [3.8, 4) is 11.1 Å². The second kappa shape index (κ2) is 5.09. The van der Waals surface area contributed by atoms with Crippen molar-refractivity contribution in [1.29, 1.82) is 0 Å². The van der Waals surface area contributed by atoms with Crippen molar-refractivity contribution in [3.05, 3.63) is 64.5 Å². The van der Waals surface area contributed by atoms with Gasteiger partial charge in [-0.2, -0.15) is 0 Å². The third-order valence-electron chi connectivity index (χ3n) is 3.59. The van der Waals surface area contributed by atoms with Gasteiger partial charge in [0, 0.05) is 25.2 Å². The van der Waals surface area contributed by atoms with Crippen molar-refractivity contribution < 1.29 is 4.42 Å². The Hall–Kier alpha value is -2.55. The molecule has 0 spiro atoms. The lowest BCUT2D eigenvalue weighted by Crippen LogP contribution is -2.08. The average Bonchev–Trinajstić information content (AvgIpc) is 2.46. The molecule has 0 N–H and O–H groups in total. The molecule has 1 heterocycles. The molecule has 0 amide bonds. The zero-order valence-electron chi connectivity index (χ0n) is 12.4. The van der Waals surface area contributed by atoms with Gasteiger partial charge in [0.2, 0.25) is 0 Å². The maximum absolute atomic E-state index is 12.2. The molecule has 106 valence electrons. The van der Waals surface area contributed by atoms with Crippen molar-refractivity contribution in [2.24, 2.45) is 0 Å². The van der Waals surface area contributed by atoms with Crippen LogP contribution in [-0.2, 0) is 0 Å². The van der Waals surface area contributed by atoms with E-state index < -0.39 is 0 Å². The number of fused-ring (bicyclic) bond motifs is 1. The molecule has 0 unspecified atom stereocenters. The van der Waals surface area contributed by atoms with Crippen LogP contribution in [0, 0.1) is 6.92 Å². The molecule has 0 aliphatic heterocycles. The summed E-state index contributed by atoms with van der Waals surface area (Å²) in [7, 11) is 3.98. The van der Waals surface area contributed by atoms with Gasteiger partial charge in [0.25, 0.3) is 0 Å². The summed E-state index contributed by atoms with van der Waals surface area (Å²) in [4.78, 5) is 14.2. The van der Waals surface area contributed by atoms with Gasteiger partial charge in [0.15, 0.2) is 0 Å². The van der Waals surface area contributed by atoms with Crippen LogP contribution in [0.1, 0.15) is 5.56 Å². The zero-order valence-corrected chi connectivity index (χ0v) is 12.4. The van der Waals surface area contributed by atoms with Crippen molar-refractivity contribution in [3.63, 3.8) is 0 Å². The van der Waals surface area contributed by atoms with Crippen molar-refractivity contribution in [2.75, 3.05) is 19.0 Å². The Bertz CT molecular complexity index is 845. The van der Waals surface area contributed by atoms with Crippen LogP contribution in [0.5, 0.6) is 0 Å². The van der Waals surface area contributed by atoms with E-state index >= 15 is 0 Å². The highest BCUT2D eigenvalue weighted by molar-refractivity contribution is 5.82. The van der Waals surface area contributed by atoms with Gasteiger partial charge in [-0.15, -0.1) is 0 Å². The minimum Gasteiger partial charge on any atom is -0.422 e. The predicted octanol–water partition coefficient (Wildman–Crippen LogP) is 3.83. The van der Waals surface area contributed by atoms with E-state index in [1.807, 2.05) is 74.4 Å². The van der Waals surface area contributed by atoms with Gasteiger partial charge in [0.05, 0.1) is 5.56 Å². The first-order valence-corrected chi connectivity index (χ1v) is 6.87. The Morgan fingerprint density at radius 3 is 2.33 bits per heavy atom. The van der Waals surface area contributed by atoms with Crippen LogP contribution in [0.4, 0.5) is 5.69 Å². The van der Waals surface area contributed by atoms with Gasteiger partial charge in [-0.05, 0) is 42.3 Å². The molecular weight excluding hydrogens is 262 g/mol. The highest BCUT2D eigenvalue weighted by Crippen LogP contribution is 2.23. The largest absolute Gasteiger partial charge is 0.422 e. The molecule has 0 bridgehead atoms. The fourth-order valence-corrected chi connectivity index (χ4v) is 2.36. The number of hydrogen-bond acceptors (Lipinski definition) is 3. The van der Waals surface area contributed by atoms with Gasteiger partial charge in [-0.25, -0.2) is 4.79 Å². The van der Waals surface area contributed by atoms with Crippen LogP contribution in [0.25, 0.3) is 22.1 Å². The lowest BCUT2D eigenvalue weighted by Gasteiger charge is -2.12. The predicted molar refractivity (Wildman–Crippen MR) is 87.0 cm³/mol. The lowest BCUT2D eigenvalue weighted by atomic mass is 10.0. The fourth-order valence-electron chi connectivity index (χ4n) is 2.36. The highest BCUT2D eigenvalue weighted by Gasteiger charge is 2.08. The van der Waals surface area contributed by atoms with E-state index in [2.05, 4.69) is 0 Å². The second-order valence-electron chi connectivity index (χ2n) is 5.43. The Labute approximate surface area is 123 Å². The highest BCUT2D eigenvalue weighted by atomic mass is 16.4. The fraction of sp³-hybridized carbons (Fsp3) is 0.167. The monoisotopic (exact) mass is 279 g/mol. The van der Waals surface area contributed by atoms with Crippen molar-refractivity contribution >= 4 is 16.7 Å². The Morgan fingerprint density at radius 2 is 1.67 bits per heavy atom. The van der Waals surface area contributed by atoms with Crippen molar-refractivity contribution in [1.82, 2.24) is 0 Å². The number of hydrogen-bond donors (Lipinski definition) is 0. The van der Waals surface area contributed by atoms with Gasteiger partial charge >= 0.3 is 5.63 Å². The number of anilines is 1. The second-order valence-corrected chi connectivity index (χ2v) is 5.43. The molecule has 3 rings (SSSR count). The molecule has 0 saturated carbocycles. The quantitative estimate of drug-likeness (QED) is 0.668. The maximum Gasteiger partial charge on any atom is 0.344 e. The molecule has 2 aromatic carbocycles. The molecule has 0 aliphatic rings. The van der Waals surface area contributed by atoms with Gasteiger partial charge in [-0.1, -0.05) is 24.3 Å². The molecule has 3 aromatic rings. The summed E-state index contributed by atoms with van der Waals surface area (Å²) in [6.45, 7) is 1.98. The summed E-state index contributed by atoms with van der Waals surface area (Å²) in [6, 6.07) is 15.7. The zero-order chi connectivity index (χ0) is 15.0. The smallest absolute Gasteiger partial charge is 0.344 e. The van der Waals surface area contributed by atoms with Crippen LogP contribution in [0.2, 0.25) is 0 Å². The van der Waals surface area contributed by atoms with E-state index in [0.717, 1.165) is 22.2 Å². The minimum absolute atomic E-state index is 0.300. The van der Waals surface area contributed by atoms with E-state index in [0.29, 0.717) is 11.1 Å². The molecule has 0 saturated heterocycles. The summed E-state index contributed by atoms with van der Waals surface area (Å²) < 4.78 is 5.44. The molecule has 21 heavy (non-hydrogen) atoms. The topological polar surface area (TPSA) is 33.5 Å². The molecule has 0 fully saturated rings.